The summed E-state index contributed by atoms with van der Waals surface area (Å²) in [6.45, 7) is 0.383. The van der Waals surface area contributed by atoms with Crippen LogP contribution < -0.4 is 15.8 Å². The molecule has 0 radical (unpaired) electrons. The third kappa shape index (κ3) is 4.22. The van der Waals surface area contributed by atoms with Crippen LogP contribution in [-0.4, -0.2) is 38.8 Å². The van der Waals surface area contributed by atoms with E-state index in [2.05, 4.69) is 10.0 Å². The number of carboxylic acid groups (broad SMARTS) is 1. The molecule has 100 valence electrons. The highest BCUT2D eigenvalue weighted by molar-refractivity contribution is 7.88. The molecule has 0 bridgehead atoms. The molecule has 0 aliphatic heterocycles. The molecule has 7 nitrogen and oxygen atoms in total. The number of hydrogen-bond acceptors (Lipinski definition) is 5. The summed E-state index contributed by atoms with van der Waals surface area (Å²) in [4.78, 5) is 11.0. The number of hydrogen-bond donors (Lipinski definition) is 4. The Morgan fingerprint density at radius 3 is 2.61 bits per heavy atom. The third-order valence-electron chi connectivity index (χ3n) is 2.12. The van der Waals surface area contributed by atoms with Crippen LogP contribution in [0.25, 0.3) is 0 Å². The number of nitrogen functional groups attached to an aromatic ring is 1. The number of anilines is 2. The van der Waals surface area contributed by atoms with Crippen molar-refractivity contribution < 1.29 is 18.3 Å². The van der Waals surface area contributed by atoms with Gasteiger partial charge in [-0.3, -0.25) is 0 Å². The van der Waals surface area contributed by atoms with Gasteiger partial charge in [0.25, 0.3) is 0 Å². The minimum absolute atomic E-state index is 0.0503. The molecule has 0 saturated carbocycles. The Kier molecular flexibility index (Phi) is 4.51. The molecule has 0 spiro atoms. The third-order valence-corrected chi connectivity index (χ3v) is 2.85. The zero-order chi connectivity index (χ0) is 13.8. The largest absolute Gasteiger partial charge is 0.478 e. The Labute approximate surface area is 105 Å². The van der Waals surface area contributed by atoms with Crippen LogP contribution in [-0.2, 0) is 10.0 Å². The quantitative estimate of drug-likeness (QED) is 0.425. The molecule has 0 atom stereocenters. The van der Waals surface area contributed by atoms with Crippen molar-refractivity contribution in [3.05, 3.63) is 23.8 Å². The fourth-order valence-electron chi connectivity index (χ4n) is 1.37. The lowest BCUT2D eigenvalue weighted by Crippen LogP contribution is -2.28. The summed E-state index contributed by atoms with van der Waals surface area (Å²) in [6.07, 6.45) is 1.05. The second-order valence-corrected chi connectivity index (χ2v) is 5.50. The molecule has 8 heteroatoms. The number of carboxylic acids is 1. The van der Waals surface area contributed by atoms with Gasteiger partial charge in [-0.25, -0.2) is 17.9 Å². The first-order valence-corrected chi connectivity index (χ1v) is 7.00. The van der Waals surface area contributed by atoms with Gasteiger partial charge >= 0.3 is 5.97 Å². The van der Waals surface area contributed by atoms with Crippen LogP contribution in [0.1, 0.15) is 10.4 Å². The molecule has 1 rings (SSSR count). The highest BCUT2D eigenvalue weighted by atomic mass is 32.2. The minimum Gasteiger partial charge on any atom is -0.478 e. The second kappa shape index (κ2) is 5.69. The van der Waals surface area contributed by atoms with E-state index in [9.17, 15) is 13.2 Å². The van der Waals surface area contributed by atoms with Crippen molar-refractivity contribution in [2.24, 2.45) is 0 Å². The number of aromatic carboxylic acids is 1. The van der Waals surface area contributed by atoms with Crippen LogP contribution in [0.15, 0.2) is 18.2 Å². The summed E-state index contributed by atoms with van der Waals surface area (Å²) >= 11 is 0. The molecular weight excluding hydrogens is 258 g/mol. The van der Waals surface area contributed by atoms with E-state index in [4.69, 9.17) is 10.8 Å². The zero-order valence-electron chi connectivity index (χ0n) is 9.80. The van der Waals surface area contributed by atoms with E-state index in [1.54, 1.807) is 12.1 Å². The summed E-state index contributed by atoms with van der Waals surface area (Å²) in [5.41, 5.74) is 6.31. The van der Waals surface area contributed by atoms with Crippen molar-refractivity contribution in [1.82, 2.24) is 4.72 Å². The highest BCUT2D eigenvalue weighted by Crippen LogP contribution is 2.22. The van der Waals surface area contributed by atoms with Crippen LogP contribution in [0.2, 0.25) is 0 Å². The number of carbonyl (C=O) groups is 1. The van der Waals surface area contributed by atoms with Gasteiger partial charge in [-0.1, -0.05) is 6.07 Å². The average Bonchev–Trinajstić information content (AvgIpc) is 2.24. The van der Waals surface area contributed by atoms with E-state index in [-0.39, 0.29) is 18.7 Å². The first kappa shape index (κ1) is 14.3. The molecule has 0 aromatic heterocycles. The van der Waals surface area contributed by atoms with Gasteiger partial charge in [-0.2, -0.15) is 0 Å². The predicted molar refractivity (Wildman–Crippen MR) is 69.1 cm³/mol. The van der Waals surface area contributed by atoms with Crippen LogP contribution in [0.3, 0.4) is 0 Å². The summed E-state index contributed by atoms with van der Waals surface area (Å²) < 4.78 is 23.9. The molecule has 0 unspecified atom stereocenters. The molecule has 0 amide bonds. The van der Waals surface area contributed by atoms with Gasteiger partial charge < -0.3 is 16.2 Å². The van der Waals surface area contributed by atoms with Crippen molar-refractivity contribution in [3.8, 4) is 0 Å². The van der Waals surface area contributed by atoms with Gasteiger partial charge in [0.15, 0.2) is 0 Å². The molecular formula is C10H15N3O4S. The number of nitrogens with one attached hydrogen (secondary N) is 2. The first-order chi connectivity index (χ1) is 8.31. The topological polar surface area (TPSA) is 122 Å². The number of sulfonamides is 1. The fourth-order valence-corrected chi connectivity index (χ4v) is 1.84. The van der Waals surface area contributed by atoms with Crippen molar-refractivity contribution in [2.45, 2.75) is 0 Å². The van der Waals surface area contributed by atoms with Crippen LogP contribution in [0.4, 0.5) is 11.4 Å². The predicted octanol–water partition coefficient (Wildman–Crippen LogP) is -0.0719. The van der Waals surface area contributed by atoms with Crippen molar-refractivity contribution in [2.75, 3.05) is 30.4 Å². The van der Waals surface area contributed by atoms with Gasteiger partial charge in [0, 0.05) is 13.1 Å². The Balaban J connectivity index is 2.70. The van der Waals surface area contributed by atoms with Crippen molar-refractivity contribution in [3.63, 3.8) is 0 Å². The lowest BCUT2D eigenvalue weighted by molar-refractivity contribution is 0.0698. The number of rotatable bonds is 6. The number of benzene rings is 1. The Morgan fingerprint density at radius 1 is 1.39 bits per heavy atom. The number of nitrogens with two attached hydrogens (primary N) is 1. The molecule has 0 heterocycles. The minimum atomic E-state index is -3.25. The molecule has 1 aromatic rings. The lowest BCUT2D eigenvalue weighted by atomic mass is 10.1. The van der Waals surface area contributed by atoms with Crippen LogP contribution >= 0.6 is 0 Å². The second-order valence-electron chi connectivity index (χ2n) is 3.67. The maximum atomic E-state index is 11.0. The summed E-state index contributed by atoms with van der Waals surface area (Å²) in [5, 5.41) is 11.8. The monoisotopic (exact) mass is 273 g/mol. The maximum Gasteiger partial charge on any atom is 0.337 e. The lowest BCUT2D eigenvalue weighted by Gasteiger charge is -2.12. The molecule has 0 saturated heterocycles. The molecule has 5 N–H and O–H groups in total. The summed E-state index contributed by atoms with van der Waals surface area (Å²) in [6, 6.07) is 4.53. The van der Waals surface area contributed by atoms with E-state index < -0.39 is 16.0 Å². The molecule has 18 heavy (non-hydrogen) atoms. The first-order valence-electron chi connectivity index (χ1n) is 5.11. The highest BCUT2D eigenvalue weighted by Gasteiger charge is 2.11. The van der Waals surface area contributed by atoms with Crippen molar-refractivity contribution in [1.29, 1.82) is 0 Å². The van der Waals surface area contributed by atoms with E-state index in [1.165, 1.54) is 6.07 Å². The smallest absolute Gasteiger partial charge is 0.337 e. The summed E-state index contributed by atoms with van der Waals surface area (Å²) in [7, 11) is -3.25. The standard InChI is InChI=1S/C10H15N3O4S/c1-18(16,17)13-6-5-12-9-7(10(14)15)3-2-4-8(9)11/h2-4,12-13H,5-6,11H2,1H3,(H,14,15). The molecule has 0 fully saturated rings. The van der Waals surface area contributed by atoms with Gasteiger partial charge in [-0.05, 0) is 12.1 Å². The van der Waals surface area contributed by atoms with Crippen LogP contribution in [0, 0.1) is 0 Å². The van der Waals surface area contributed by atoms with E-state index in [0.29, 0.717) is 11.4 Å². The molecule has 0 aliphatic carbocycles. The Morgan fingerprint density at radius 2 is 2.06 bits per heavy atom. The number of para-hydroxylation sites is 1. The molecule has 0 aliphatic rings. The average molecular weight is 273 g/mol. The van der Waals surface area contributed by atoms with Gasteiger partial charge in [0.05, 0.1) is 23.2 Å². The SMILES string of the molecule is CS(=O)(=O)NCCNc1c(N)cccc1C(=O)O. The van der Waals surface area contributed by atoms with Gasteiger partial charge in [0.1, 0.15) is 0 Å². The van der Waals surface area contributed by atoms with Gasteiger partial charge in [-0.15, -0.1) is 0 Å². The summed E-state index contributed by atoms with van der Waals surface area (Å²) in [5.74, 6) is -1.10. The van der Waals surface area contributed by atoms with E-state index in [1.807, 2.05) is 0 Å². The fraction of sp³-hybridized carbons (Fsp3) is 0.300. The van der Waals surface area contributed by atoms with Gasteiger partial charge in [0.2, 0.25) is 10.0 Å². The molecule has 1 aromatic carbocycles. The van der Waals surface area contributed by atoms with E-state index in [0.717, 1.165) is 6.26 Å². The zero-order valence-corrected chi connectivity index (χ0v) is 10.6. The van der Waals surface area contributed by atoms with Crippen molar-refractivity contribution >= 4 is 27.4 Å². The van der Waals surface area contributed by atoms with E-state index >= 15 is 0 Å². The Bertz CT molecular complexity index is 542. The maximum absolute atomic E-state index is 11.0. The Hall–Kier alpha value is -1.80. The normalized spacial score (nSPS) is 11.2. The van der Waals surface area contributed by atoms with Crippen LogP contribution in [0.5, 0.6) is 0 Å².